The summed E-state index contributed by atoms with van der Waals surface area (Å²) < 4.78 is 12.6. The smallest absolute Gasteiger partial charge is 0.231 e. The third-order valence-corrected chi connectivity index (χ3v) is 7.51. The first kappa shape index (κ1) is 23.6. The maximum atomic E-state index is 12.1. The van der Waals surface area contributed by atoms with E-state index in [1.807, 2.05) is 26.0 Å². The number of aryl methyl sites for hydroxylation is 2. The van der Waals surface area contributed by atoms with Crippen molar-refractivity contribution in [2.24, 2.45) is 0 Å². The highest BCUT2D eigenvalue weighted by atomic mass is 16.7. The Hall–Kier alpha value is -3.14. The number of ketones is 2. The Balaban J connectivity index is 1.80. The summed E-state index contributed by atoms with van der Waals surface area (Å²) in [7, 11) is 0. The third kappa shape index (κ3) is 4.59. The molecular weight excluding hydrogens is 436 g/mol. The van der Waals surface area contributed by atoms with Crippen LogP contribution in [0.5, 0.6) is 11.5 Å². The summed E-state index contributed by atoms with van der Waals surface area (Å²) in [6, 6.07) is 4.43. The fraction of sp³-hybridized carbons (Fsp3) is 0.419. The Morgan fingerprint density at radius 2 is 1.14 bits per heavy atom. The van der Waals surface area contributed by atoms with Gasteiger partial charge in [-0.15, -0.1) is 0 Å². The lowest BCUT2D eigenvalue weighted by atomic mass is 9.78. The van der Waals surface area contributed by atoms with Gasteiger partial charge in [-0.05, 0) is 110 Å². The average molecular weight is 471 g/mol. The summed E-state index contributed by atoms with van der Waals surface area (Å²) in [5.74, 6) is 1.85. The normalized spacial score (nSPS) is 16.5. The molecule has 1 aliphatic heterocycles. The molecule has 3 aliphatic rings. The molecule has 2 aromatic rings. The van der Waals surface area contributed by atoms with Crippen LogP contribution < -0.4 is 9.47 Å². The van der Waals surface area contributed by atoms with Crippen LogP contribution in [0.15, 0.2) is 24.3 Å². The van der Waals surface area contributed by atoms with Crippen molar-refractivity contribution in [2.45, 2.75) is 78.1 Å². The molecule has 0 amide bonds. The van der Waals surface area contributed by atoms with Crippen molar-refractivity contribution >= 4 is 23.7 Å². The van der Waals surface area contributed by atoms with Crippen molar-refractivity contribution in [1.82, 2.24) is 0 Å². The van der Waals surface area contributed by atoms with Gasteiger partial charge in [-0.2, -0.15) is 0 Å². The van der Waals surface area contributed by atoms with Crippen molar-refractivity contribution in [2.75, 3.05) is 6.79 Å². The zero-order chi connectivity index (χ0) is 24.4. The van der Waals surface area contributed by atoms with Gasteiger partial charge in [0.05, 0.1) is 0 Å². The molecule has 182 valence electrons. The van der Waals surface area contributed by atoms with Crippen molar-refractivity contribution in [3.05, 3.63) is 57.7 Å². The van der Waals surface area contributed by atoms with Gasteiger partial charge in [-0.3, -0.25) is 9.59 Å². The van der Waals surface area contributed by atoms with Gasteiger partial charge in [-0.1, -0.05) is 13.8 Å². The van der Waals surface area contributed by atoms with Gasteiger partial charge in [0.15, 0.2) is 11.6 Å². The number of fused-ring (bicyclic) bond motifs is 7. The molecule has 0 unspecified atom stereocenters. The maximum absolute atomic E-state index is 12.1. The van der Waals surface area contributed by atoms with E-state index < -0.39 is 0 Å². The molecule has 35 heavy (non-hydrogen) atoms. The number of carbonyl (C=O) groups is 2. The Kier molecular flexibility index (Phi) is 6.90. The highest BCUT2D eigenvalue weighted by molar-refractivity contribution is 5.97. The van der Waals surface area contributed by atoms with Gasteiger partial charge in [0, 0.05) is 35.1 Å². The minimum absolute atomic E-state index is 0.0999. The van der Waals surface area contributed by atoms with E-state index >= 15 is 0 Å². The van der Waals surface area contributed by atoms with Crippen LogP contribution in [-0.2, 0) is 35.3 Å². The molecule has 0 atom stereocenters. The molecular formula is C31H34O4. The van der Waals surface area contributed by atoms with E-state index in [1.165, 1.54) is 35.1 Å². The van der Waals surface area contributed by atoms with Crippen LogP contribution in [0, 0.1) is 0 Å². The molecule has 4 heteroatoms. The van der Waals surface area contributed by atoms with Crippen LogP contribution in [0.25, 0.3) is 23.3 Å². The Bertz CT molecular complexity index is 1140. The highest BCUT2D eigenvalue weighted by Crippen LogP contribution is 2.51. The average Bonchev–Trinajstić information content (AvgIpc) is 3.10. The van der Waals surface area contributed by atoms with Crippen LogP contribution in [-0.4, -0.2) is 18.4 Å². The number of rotatable bonds is 6. The van der Waals surface area contributed by atoms with Crippen molar-refractivity contribution < 1.29 is 19.1 Å². The number of benzene rings is 2. The highest BCUT2D eigenvalue weighted by Gasteiger charge is 2.31. The van der Waals surface area contributed by atoms with Crippen LogP contribution in [0.4, 0.5) is 0 Å². The summed E-state index contributed by atoms with van der Waals surface area (Å²) in [6.07, 6.45) is 16.9. The quantitative estimate of drug-likeness (QED) is 0.435. The van der Waals surface area contributed by atoms with E-state index in [0.717, 1.165) is 72.3 Å². The number of hydrogen-bond donors (Lipinski definition) is 0. The summed E-state index contributed by atoms with van der Waals surface area (Å²) in [4.78, 5) is 24.2. The predicted octanol–water partition coefficient (Wildman–Crippen LogP) is 6.82. The Labute approximate surface area is 208 Å². The lowest BCUT2D eigenvalue weighted by Gasteiger charge is -2.27. The van der Waals surface area contributed by atoms with Gasteiger partial charge in [0.1, 0.15) is 11.5 Å². The van der Waals surface area contributed by atoms with Gasteiger partial charge >= 0.3 is 0 Å². The molecule has 0 aromatic heterocycles. The summed E-state index contributed by atoms with van der Waals surface area (Å²) >= 11 is 0. The summed E-state index contributed by atoms with van der Waals surface area (Å²) in [5.41, 5.74) is 9.60. The molecule has 2 aromatic carbocycles. The molecule has 0 saturated heterocycles. The first-order chi connectivity index (χ1) is 17.1. The lowest BCUT2D eigenvalue weighted by Crippen LogP contribution is -2.10. The third-order valence-electron chi connectivity index (χ3n) is 7.51. The van der Waals surface area contributed by atoms with E-state index in [1.54, 1.807) is 12.2 Å². The maximum Gasteiger partial charge on any atom is 0.231 e. The number of hydrogen-bond acceptors (Lipinski definition) is 4. The zero-order valence-electron chi connectivity index (χ0n) is 20.9. The largest absolute Gasteiger partial charge is 0.456 e. The van der Waals surface area contributed by atoms with E-state index in [4.69, 9.17) is 9.47 Å². The van der Waals surface area contributed by atoms with Crippen LogP contribution in [0.1, 0.15) is 85.8 Å². The van der Waals surface area contributed by atoms with E-state index in [9.17, 15) is 9.59 Å². The molecule has 1 heterocycles. The van der Waals surface area contributed by atoms with Gasteiger partial charge in [-0.25, -0.2) is 0 Å². The fourth-order valence-electron chi connectivity index (χ4n) is 5.65. The first-order valence-corrected chi connectivity index (χ1v) is 13.2. The monoisotopic (exact) mass is 470 g/mol. The van der Waals surface area contributed by atoms with Crippen molar-refractivity contribution in [3.8, 4) is 22.6 Å². The summed E-state index contributed by atoms with van der Waals surface area (Å²) in [5, 5.41) is 0. The van der Waals surface area contributed by atoms with Crippen LogP contribution in [0.2, 0.25) is 0 Å². The molecule has 5 rings (SSSR count). The minimum Gasteiger partial charge on any atom is -0.456 e. The molecule has 0 bridgehead atoms. The molecule has 0 radical (unpaired) electrons. The van der Waals surface area contributed by atoms with Crippen molar-refractivity contribution in [3.63, 3.8) is 0 Å². The predicted molar refractivity (Wildman–Crippen MR) is 140 cm³/mol. The standard InChI is InChI=1S/C31H34O4/c1-3-24(32)15-13-22-17-20-9-5-7-11-26(20)28-29-27-12-8-6-10-21(27)18-23(14-16-25(33)4-2)31(29)35-19-34-30(22)28/h13-18H,3-12,19H2,1-2H3/b15-13-,16-14-. The van der Waals surface area contributed by atoms with E-state index in [0.29, 0.717) is 12.8 Å². The van der Waals surface area contributed by atoms with Gasteiger partial charge < -0.3 is 9.47 Å². The SMILES string of the molecule is CCC(=O)/C=C\c1cc2c(c3c1OCOc1c(/C=C\C(=O)CC)cc4c(c1-3)CCCC4)CCCC2. The zero-order valence-corrected chi connectivity index (χ0v) is 20.9. The molecule has 0 fully saturated rings. The Morgan fingerprint density at radius 1 is 0.714 bits per heavy atom. The topological polar surface area (TPSA) is 52.6 Å². The number of carbonyl (C=O) groups excluding carboxylic acids is 2. The fourth-order valence-corrected chi connectivity index (χ4v) is 5.65. The molecule has 0 saturated carbocycles. The van der Waals surface area contributed by atoms with Gasteiger partial charge in [0.2, 0.25) is 6.79 Å². The molecule has 0 spiro atoms. The minimum atomic E-state index is 0.0999. The first-order valence-electron chi connectivity index (χ1n) is 13.2. The van der Waals surface area contributed by atoms with E-state index in [-0.39, 0.29) is 18.4 Å². The Morgan fingerprint density at radius 3 is 1.57 bits per heavy atom. The van der Waals surface area contributed by atoms with Gasteiger partial charge in [0.25, 0.3) is 0 Å². The number of allylic oxidation sites excluding steroid dienone is 2. The molecule has 2 aliphatic carbocycles. The molecule has 0 N–H and O–H groups in total. The molecule has 4 nitrogen and oxygen atoms in total. The van der Waals surface area contributed by atoms with Crippen LogP contribution >= 0.6 is 0 Å². The lowest BCUT2D eigenvalue weighted by molar-refractivity contribution is -0.115. The van der Waals surface area contributed by atoms with Crippen LogP contribution in [0.3, 0.4) is 0 Å². The second kappa shape index (κ2) is 10.2. The van der Waals surface area contributed by atoms with E-state index in [2.05, 4.69) is 12.1 Å². The summed E-state index contributed by atoms with van der Waals surface area (Å²) in [6.45, 7) is 3.86. The second-order valence-electron chi connectivity index (χ2n) is 9.74. The number of ether oxygens (including phenoxy) is 2. The van der Waals surface area contributed by atoms with Crippen molar-refractivity contribution in [1.29, 1.82) is 0 Å². The second-order valence-corrected chi connectivity index (χ2v) is 9.74.